The van der Waals surface area contributed by atoms with Gasteiger partial charge in [-0.3, -0.25) is 4.79 Å². The van der Waals surface area contributed by atoms with E-state index < -0.39 is 0 Å². The monoisotopic (exact) mass is 217 g/mol. The summed E-state index contributed by atoms with van der Waals surface area (Å²) in [6, 6.07) is 2.07. The van der Waals surface area contributed by atoms with E-state index in [9.17, 15) is 4.79 Å². The lowest BCUT2D eigenvalue weighted by atomic mass is 10.2. The first-order chi connectivity index (χ1) is 7.85. The van der Waals surface area contributed by atoms with E-state index in [0.29, 0.717) is 37.6 Å². The van der Waals surface area contributed by atoms with Gasteiger partial charge in [0, 0.05) is 26.2 Å². The molecular formula is C10H11N5O. The fourth-order valence-electron chi connectivity index (χ4n) is 1.69. The summed E-state index contributed by atoms with van der Waals surface area (Å²) in [6.07, 6.45) is 3.79. The average Bonchev–Trinajstić information content (AvgIpc) is 2.39. The highest BCUT2D eigenvalue weighted by Crippen LogP contribution is 2.16. The fourth-order valence-corrected chi connectivity index (χ4v) is 1.69. The lowest BCUT2D eigenvalue weighted by molar-refractivity contribution is -0.118. The highest BCUT2D eigenvalue weighted by Gasteiger charge is 2.18. The Bertz CT molecular complexity index is 419. The Morgan fingerprint density at radius 2 is 2.12 bits per heavy atom. The second kappa shape index (κ2) is 4.57. The Morgan fingerprint density at radius 1 is 1.38 bits per heavy atom. The third kappa shape index (κ3) is 1.93. The number of carbonyl (C=O) groups is 1. The smallest absolute Gasteiger partial charge is 0.209 e. The van der Waals surface area contributed by atoms with Crippen LogP contribution in [0.25, 0.3) is 0 Å². The molecule has 1 aromatic rings. The summed E-state index contributed by atoms with van der Waals surface area (Å²) < 4.78 is 0. The summed E-state index contributed by atoms with van der Waals surface area (Å²) >= 11 is 0. The van der Waals surface area contributed by atoms with E-state index in [1.807, 2.05) is 4.90 Å². The lowest BCUT2D eigenvalue weighted by Gasteiger charge is -2.33. The van der Waals surface area contributed by atoms with Crippen LogP contribution in [0.3, 0.4) is 0 Å². The standard InChI is InChI=1S/C10H11N5O/c11-5-9-6-12-7-13-10(9)15-3-1-14(8-16)2-4-15/h6-8H,1-4H2. The summed E-state index contributed by atoms with van der Waals surface area (Å²) in [5.74, 6) is 0.656. The van der Waals surface area contributed by atoms with Crippen molar-refractivity contribution in [1.29, 1.82) is 5.26 Å². The van der Waals surface area contributed by atoms with Crippen LogP contribution in [0.5, 0.6) is 0 Å². The number of rotatable bonds is 2. The second-order valence-corrected chi connectivity index (χ2v) is 3.50. The van der Waals surface area contributed by atoms with Crippen LogP contribution in [-0.4, -0.2) is 47.5 Å². The molecule has 16 heavy (non-hydrogen) atoms. The molecule has 0 saturated carbocycles. The maximum absolute atomic E-state index is 10.6. The van der Waals surface area contributed by atoms with Crippen LogP contribution >= 0.6 is 0 Å². The molecule has 82 valence electrons. The highest BCUT2D eigenvalue weighted by molar-refractivity contribution is 5.54. The van der Waals surface area contributed by atoms with E-state index >= 15 is 0 Å². The first-order valence-electron chi connectivity index (χ1n) is 4.99. The molecule has 0 radical (unpaired) electrons. The number of anilines is 1. The highest BCUT2D eigenvalue weighted by atomic mass is 16.1. The van der Waals surface area contributed by atoms with E-state index in [2.05, 4.69) is 16.0 Å². The normalized spacial score (nSPS) is 15.7. The molecule has 0 bridgehead atoms. The molecule has 0 atom stereocenters. The quantitative estimate of drug-likeness (QED) is 0.632. The molecule has 2 rings (SSSR count). The third-order valence-corrected chi connectivity index (χ3v) is 2.57. The zero-order valence-corrected chi connectivity index (χ0v) is 8.70. The SMILES string of the molecule is N#Cc1cncnc1N1CCN(C=O)CC1. The van der Waals surface area contributed by atoms with Crippen LogP contribution in [0.15, 0.2) is 12.5 Å². The molecule has 6 nitrogen and oxygen atoms in total. The molecule has 1 aromatic heterocycles. The zero-order chi connectivity index (χ0) is 11.4. The molecule has 1 fully saturated rings. The summed E-state index contributed by atoms with van der Waals surface area (Å²) in [5, 5.41) is 8.92. The molecule has 1 saturated heterocycles. The average molecular weight is 217 g/mol. The predicted molar refractivity (Wildman–Crippen MR) is 56.6 cm³/mol. The summed E-state index contributed by atoms with van der Waals surface area (Å²) in [4.78, 5) is 22.2. The molecule has 1 amide bonds. The van der Waals surface area contributed by atoms with Crippen LogP contribution in [-0.2, 0) is 4.79 Å². The number of nitriles is 1. The molecule has 6 heteroatoms. The van der Waals surface area contributed by atoms with Crippen molar-refractivity contribution in [2.45, 2.75) is 0 Å². The summed E-state index contributed by atoms with van der Waals surface area (Å²) in [6.45, 7) is 2.73. The predicted octanol–water partition coefficient (Wildman–Crippen LogP) is -0.373. The maximum Gasteiger partial charge on any atom is 0.209 e. The second-order valence-electron chi connectivity index (χ2n) is 3.50. The molecule has 1 aliphatic heterocycles. The van der Waals surface area contributed by atoms with E-state index in [-0.39, 0.29) is 0 Å². The van der Waals surface area contributed by atoms with Gasteiger partial charge in [-0.05, 0) is 0 Å². The van der Waals surface area contributed by atoms with E-state index in [0.717, 1.165) is 6.41 Å². The van der Waals surface area contributed by atoms with Crippen molar-refractivity contribution >= 4 is 12.2 Å². The van der Waals surface area contributed by atoms with Gasteiger partial charge in [-0.1, -0.05) is 0 Å². The number of hydrogen-bond acceptors (Lipinski definition) is 5. The van der Waals surface area contributed by atoms with E-state index in [1.165, 1.54) is 12.5 Å². The van der Waals surface area contributed by atoms with Gasteiger partial charge in [0.15, 0.2) is 0 Å². The van der Waals surface area contributed by atoms with Gasteiger partial charge < -0.3 is 9.80 Å². The van der Waals surface area contributed by atoms with Gasteiger partial charge in [0.2, 0.25) is 6.41 Å². The minimum absolute atomic E-state index is 0.474. The molecular weight excluding hydrogens is 206 g/mol. The van der Waals surface area contributed by atoms with Crippen molar-refractivity contribution in [2.24, 2.45) is 0 Å². The van der Waals surface area contributed by atoms with Gasteiger partial charge in [0.05, 0.1) is 6.20 Å². The van der Waals surface area contributed by atoms with Crippen LogP contribution in [0, 0.1) is 11.3 Å². The molecule has 2 heterocycles. The van der Waals surface area contributed by atoms with Crippen molar-refractivity contribution in [3.63, 3.8) is 0 Å². The molecule has 0 N–H and O–H groups in total. The molecule has 1 aliphatic rings. The van der Waals surface area contributed by atoms with Crippen LogP contribution < -0.4 is 4.90 Å². The van der Waals surface area contributed by atoms with Crippen molar-refractivity contribution in [3.8, 4) is 6.07 Å². The van der Waals surface area contributed by atoms with Gasteiger partial charge in [-0.2, -0.15) is 5.26 Å². The van der Waals surface area contributed by atoms with Gasteiger partial charge in [0.1, 0.15) is 23.8 Å². The Kier molecular flexibility index (Phi) is 2.96. The van der Waals surface area contributed by atoms with Crippen molar-refractivity contribution < 1.29 is 4.79 Å². The fraction of sp³-hybridized carbons (Fsp3) is 0.400. The minimum atomic E-state index is 0.474. The van der Waals surface area contributed by atoms with Crippen LogP contribution in [0.1, 0.15) is 5.56 Å². The molecule has 0 spiro atoms. The molecule has 0 aromatic carbocycles. The van der Waals surface area contributed by atoms with E-state index in [1.54, 1.807) is 4.90 Å². The number of amides is 1. The Hall–Kier alpha value is -2.16. The van der Waals surface area contributed by atoms with Gasteiger partial charge in [-0.25, -0.2) is 9.97 Å². The first kappa shape index (κ1) is 10.4. The van der Waals surface area contributed by atoms with Crippen LogP contribution in [0.4, 0.5) is 5.82 Å². The molecule has 0 aliphatic carbocycles. The van der Waals surface area contributed by atoms with Gasteiger partial charge >= 0.3 is 0 Å². The lowest BCUT2D eigenvalue weighted by Crippen LogP contribution is -2.46. The topological polar surface area (TPSA) is 73.1 Å². The Balaban J connectivity index is 2.14. The number of nitrogens with zero attached hydrogens (tertiary/aromatic N) is 5. The number of carbonyl (C=O) groups excluding carboxylic acids is 1. The maximum atomic E-state index is 10.6. The first-order valence-corrected chi connectivity index (χ1v) is 4.99. The van der Waals surface area contributed by atoms with Gasteiger partial charge in [-0.15, -0.1) is 0 Å². The summed E-state index contributed by atoms with van der Waals surface area (Å²) in [7, 11) is 0. The Morgan fingerprint density at radius 3 is 2.75 bits per heavy atom. The zero-order valence-electron chi connectivity index (χ0n) is 8.70. The largest absolute Gasteiger partial charge is 0.352 e. The number of hydrogen-bond donors (Lipinski definition) is 0. The summed E-state index contributed by atoms with van der Waals surface area (Å²) in [5.41, 5.74) is 0.474. The van der Waals surface area contributed by atoms with Crippen LogP contribution in [0.2, 0.25) is 0 Å². The van der Waals surface area contributed by atoms with E-state index in [4.69, 9.17) is 5.26 Å². The number of aromatic nitrogens is 2. The van der Waals surface area contributed by atoms with Crippen molar-refractivity contribution in [3.05, 3.63) is 18.1 Å². The number of piperazine rings is 1. The minimum Gasteiger partial charge on any atom is -0.352 e. The molecule has 0 unspecified atom stereocenters. The van der Waals surface area contributed by atoms with Crippen molar-refractivity contribution in [2.75, 3.05) is 31.1 Å². The Labute approximate surface area is 93.1 Å². The van der Waals surface area contributed by atoms with Crippen molar-refractivity contribution in [1.82, 2.24) is 14.9 Å². The third-order valence-electron chi connectivity index (χ3n) is 2.57. The van der Waals surface area contributed by atoms with Gasteiger partial charge in [0.25, 0.3) is 0 Å².